The first-order valence-electron chi connectivity index (χ1n) is 10.00. The molecule has 160 valence electrons. The first-order chi connectivity index (χ1) is 14.6. The van der Waals surface area contributed by atoms with Crippen molar-refractivity contribution in [3.63, 3.8) is 0 Å². The van der Waals surface area contributed by atoms with E-state index in [9.17, 15) is 9.59 Å². The summed E-state index contributed by atoms with van der Waals surface area (Å²) in [7, 11) is 3.19. The second-order valence-electron chi connectivity index (χ2n) is 7.26. The standard InChI is InChI=1S/C20H25N5O4S/c1-28-14-8-7-13(16(11-14)29-2)12-21-18(27)15-5-3-9-24(15)19-22-23-20(30-19)25-10-4-6-17(25)26/h7-8,11,15H,3-6,9-10,12H2,1-2H3,(H,21,27)/t15-/m0/s1. The highest BCUT2D eigenvalue weighted by Crippen LogP contribution is 2.34. The number of benzene rings is 1. The van der Waals surface area contributed by atoms with Gasteiger partial charge in [-0.1, -0.05) is 11.3 Å². The van der Waals surface area contributed by atoms with Gasteiger partial charge in [0.1, 0.15) is 17.5 Å². The summed E-state index contributed by atoms with van der Waals surface area (Å²) in [5.41, 5.74) is 0.877. The predicted octanol–water partition coefficient (Wildman–Crippen LogP) is 1.97. The molecule has 0 radical (unpaired) electrons. The van der Waals surface area contributed by atoms with Crippen LogP contribution in [0.4, 0.5) is 10.3 Å². The Morgan fingerprint density at radius 3 is 2.77 bits per heavy atom. The van der Waals surface area contributed by atoms with E-state index in [1.54, 1.807) is 25.2 Å². The fourth-order valence-corrected chi connectivity index (χ4v) is 4.82. The number of hydrogen-bond donors (Lipinski definition) is 1. The molecule has 3 heterocycles. The average Bonchev–Trinajstić information content (AvgIpc) is 3.51. The Hall–Kier alpha value is -2.88. The van der Waals surface area contributed by atoms with E-state index >= 15 is 0 Å². The third kappa shape index (κ3) is 4.04. The predicted molar refractivity (Wildman–Crippen MR) is 113 cm³/mol. The van der Waals surface area contributed by atoms with Gasteiger partial charge in [0.25, 0.3) is 0 Å². The molecular weight excluding hydrogens is 406 g/mol. The fraction of sp³-hybridized carbons (Fsp3) is 0.500. The van der Waals surface area contributed by atoms with Crippen LogP contribution in [-0.2, 0) is 16.1 Å². The maximum Gasteiger partial charge on any atom is 0.243 e. The quantitative estimate of drug-likeness (QED) is 0.716. The Labute approximate surface area is 179 Å². The molecule has 30 heavy (non-hydrogen) atoms. The molecule has 1 atom stereocenters. The van der Waals surface area contributed by atoms with Crippen molar-refractivity contribution in [3.8, 4) is 11.5 Å². The Bertz CT molecular complexity index is 934. The summed E-state index contributed by atoms with van der Waals surface area (Å²) in [6, 6.07) is 5.22. The van der Waals surface area contributed by atoms with Gasteiger partial charge in [0.2, 0.25) is 22.1 Å². The molecule has 1 aromatic heterocycles. The van der Waals surface area contributed by atoms with Crippen LogP contribution in [0.3, 0.4) is 0 Å². The van der Waals surface area contributed by atoms with Crippen molar-refractivity contribution in [1.82, 2.24) is 15.5 Å². The lowest BCUT2D eigenvalue weighted by Gasteiger charge is -2.23. The van der Waals surface area contributed by atoms with E-state index < -0.39 is 0 Å². The highest BCUT2D eigenvalue weighted by molar-refractivity contribution is 7.19. The minimum Gasteiger partial charge on any atom is -0.497 e. The zero-order chi connectivity index (χ0) is 21.1. The Morgan fingerprint density at radius 2 is 2.03 bits per heavy atom. The molecule has 1 N–H and O–H groups in total. The zero-order valence-electron chi connectivity index (χ0n) is 17.1. The first kappa shape index (κ1) is 20.4. The fourth-order valence-electron chi connectivity index (χ4n) is 3.85. The maximum absolute atomic E-state index is 12.9. The second-order valence-corrected chi connectivity index (χ2v) is 8.20. The number of hydrogen-bond acceptors (Lipinski definition) is 8. The van der Waals surface area contributed by atoms with Crippen molar-refractivity contribution >= 4 is 33.4 Å². The van der Waals surface area contributed by atoms with Crippen LogP contribution in [0.2, 0.25) is 0 Å². The van der Waals surface area contributed by atoms with Gasteiger partial charge in [-0.25, -0.2) is 0 Å². The van der Waals surface area contributed by atoms with E-state index in [2.05, 4.69) is 15.5 Å². The van der Waals surface area contributed by atoms with E-state index in [1.807, 2.05) is 17.0 Å². The number of ether oxygens (including phenoxy) is 2. The van der Waals surface area contributed by atoms with E-state index in [4.69, 9.17) is 9.47 Å². The van der Waals surface area contributed by atoms with Crippen LogP contribution in [0, 0.1) is 0 Å². The zero-order valence-corrected chi connectivity index (χ0v) is 17.9. The van der Waals surface area contributed by atoms with Crippen LogP contribution in [0.15, 0.2) is 18.2 Å². The molecule has 2 aliphatic rings. The summed E-state index contributed by atoms with van der Waals surface area (Å²) in [6.45, 7) is 1.79. The number of carbonyl (C=O) groups excluding carboxylic acids is 2. The Morgan fingerprint density at radius 1 is 1.20 bits per heavy atom. The average molecular weight is 432 g/mol. The normalized spacial score (nSPS) is 18.7. The molecule has 9 nitrogen and oxygen atoms in total. The van der Waals surface area contributed by atoms with Gasteiger partial charge in [-0.3, -0.25) is 14.5 Å². The Balaban J connectivity index is 1.42. The monoisotopic (exact) mass is 431 g/mol. The van der Waals surface area contributed by atoms with Crippen molar-refractivity contribution in [2.24, 2.45) is 0 Å². The third-order valence-corrected chi connectivity index (χ3v) is 6.44. The lowest BCUT2D eigenvalue weighted by molar-refractivity contribution is -0.122. The SMILES string of the molecule is COc1ccc(CNC(=O)[C@@H]2CCCN2c2nnc(N3CCCC3=O)s2)c(OC)c1. The van der Waals surface area contributed by atoms with Gasteiger partial charge in [-0.2, -0.15) is 0 Å². The van der Waals surface area contributed by atoms with Crippen LogP contribution >= 0.6 is 11.3 Å². The summed E-state index contributed by atoms with van der Waals surface area (Å²) in [4.78, 5) is 28.5. The molecule has 2 amide bonds. The van der Waals surface area contributed by atoms with Crippen LogP contribution in [0.1, 0.15) is 31.2 Å². The molecule has 2 aliphatic heterocycles. The number of methoxy groups -OCH3 is 2. The smallest absolute Gasteiger partial charge is 0.243 e. The van der Waals surface area contributed by atoms with Gasteiger partial charge in [0.05, 0.1) is 14.2 Å². The summed E-state index contributed by atoms with van der Waals surface area (Å²) in [6.07, 6.45) is 3.06. The number of aromatic nitrogens is 2. The topological polar surface area (TPSA) is 96.9 Å². The lowest BCUT2D eigenvalue weighted by atomic mass is 10.1. The van der Waals surface area contributed by atoms with Crippen molar-refractivity contribution in [1.29, 1.82) is 0 Å². The molecule has 0 unspecified atom stereocenters. The molecular formula is C20H25N5O4S. The van der Waals surface area contributed by atoms with Crippen LogP contribution in [0.5, 0.6) is 11.5 Å². The van der Waals surface area contributed by atoms with Gasteiger partial charge in [0.15, 0.2) is 0 Å². The first-order valence-corrected chi connectivity index (χ1v) is 10.8. The van der Waals surface area contributed by atoms with Crippen LogP contribution in [-0.4, -0.2) is 55.4 Å². The number of nitrogens with zero attached hydrogens (tertiary/aromatic N) is 4. The van der Waals surface area contributed by atoms with Crippen molar-refractivity contribution < 1.29 is 19.1 Å². The van der Waals surface area contributed by atoms with Gasteiger partial charge in [-0.15, -0.1) is 10.2 Å². The minimum atomic E-state index is -0.302. The highest BCUT2D eigenvalue weighted by atomic mass is 32.1. The van der Waals surface area contributed by atoms with Crippen LogP contribution in [0.25, 0.3) is 0 Å². The number of rotatable bonds is 7. The summed E-state index contributed by atoms with van der Waals surface area (Å²) < 4.78 is 10.6. The van der Waals surface area contributed by atoms with Crippen molar-refractivity contribution in [2.45, 2.75) is 38.3 Å². The van der Waals surface area contributed by atoms with Crippen molar-refractivity contribution in [3.05, 3.63) is 23.8 Å². The van der Waals surface area contributed by atoms with E-state index in [0.717, 1.165) is 31.4 Å². The Kier molecular flexibility index (Phi) is 6.03. The van der Waals surface area contributed by atoms with Gasteiger partial charge in [-0.05, 0) is 31.4 Å². The molecule has 2 aromatic rings. The maximum atomic E-state index is 12.9. The van der Waals surface area contributed by atoms with E-state index in [1.165, 1.54) is 11.3 Å². The molecule has 1 aromatic carbocycles. The van der Waals surface area contributed by atoms with E-state index in [-0.39, 0.29) is 17.9 Å². The molecule has 10 heteroatoms. The number of carbonyl (C=O) groups is 2. The molecule has 0 bridgehead atoms. The van der Waals surface area contributed by atoms with Gasteiger partial charge in [0, 0.05) is 37.7 Å². The molecule has 0 aliphatic carbocycles. The number of anilines is 2. The lowest BCUT2D eigenvalue weighted by Crippen LogP contribution is -2.43. The van der Waals surface area contributed by atoms with Crippen LogP contribution < -0.4 is 24.6 Å². The molecule has 0 saturated carbocycles. The van der Waals surface area contributed by atoms with Gasteiger partial charge >= 0.3 is 0 Å². The van der Waals surface area contributed by atoms with Gasteiger partial charge < -0.3 is 19.7 Å². The number of nitrogens with one attached hydrogen (secondary N) is 1. The van der Waals surface area contributed by atoms with E-state index in [0.29, 0.717) is 41.3 Å². The second kappa shape index (κ2) is 8.86. The third-order valence-electron chi connectivity index (χ3n) is 5.46. The summed E-state index contributed by atoms with van der Waals surface area (Å²) >= 11 is 1.37. The largest absolute Gasteiger partial charge is 0.497 e. The minimum absolute atomic E-state index is 0.0561. The molecule has 2 saturated heterocycles. The summed E-state index contributed by atoms with van der Waals surface area (Å²) in [5.74, 6) is 1.40. The summed E-state index contributed by atoms with van der Waals surface area (Å²) in [5, 5.41) is 12.8. The highest BCUT2D eigenvalue weighted by Gasteiger charge is 2.34. The number of amides is 2. The van der Waals surface area contributed by atoms with Crippen molar-refractivity contribution in [2.75, 3.05) is 37.1 Å². The molecule has 4 rings (SSSR count). The molecule has 2 fully saturated rings. The molecule has 0 spiro atoms.